The lowest BCUT2D eigenvalue weighted by Gasteiger charge is -2.29. The van der Waals surface area contributed by atoms with Crippen molar-refractivity contribution >= 4 is 12.0 Å². The first kappa shape index (κ1) is 17.5. The van der Waals surface area contributed by atoms with Crippen molar-refractivity contribution in [2.45, 2.75) is 26.2 Å². The van der Waals surface area contributed by atoms with Gasteiger partial charge in [0.05, 0.1) is 7.11 Å². The first-order valence-corrected chi connectivity index (χ1v) is 8.49. The average Bonchev–Trinajstić information content (AvgIpc) is 2.59. The molecule has 1 unspecified atom stereocenters. The second kappa shape index (κ2) is 9.36. The molecule has 0 aromatic heterocycles. The summed E-state index contributed by atoms with van der Waals surface area (Å²) in [6.45, 7) is 6.39. The van der Waals surface area contributed by atoms with E-state index in [0.29, 0.717) is 5.92 Å². The Morgan fingerprint density at radius 1 is 1.35 bits per heavy atom. The molecule has 0 saturated carbocycles. The van der Waals surface area contributed by atoms with Gasteiger partial charge in [0.25, 0.3) is 0 Å². The number of carbonyl (C=O) groups is 1. The fraction of sp³-hybridized carbons (Fsp3) is 0.526. The van der Waals surface area contributed by atoms with E-state index >= 15 is 0 Å². The third-order valence-corrected chi connectivity index (χ3v) is 4.16. The van der Waals surface area contributed by atoms with Gasteiger partial charge in [0.1, 0.15) is 5.75 Å². The Labute approximate surface area is 139 Å². The molecule has 1 saturated heterocycles. The predicted molar refractivity (Wildman–Crippen MR) is 94.5 cm³/mol. The number of rotatable bonds is 7. The summed E-state index contributed by atoms with van der Waals surface area (Å²) in [4.78, 5) is 14.4. The maximum atomic E-state index is 11.9. The van der Waals surface area contributed by atoms with Gasteiger partial charge in [-0.2, -0.15) is 0 Å². The molecule has 4 heteroatoms. The molecule has 4 nitrogen and oxygen atoms in total. The number of nitrogens with zero attached hydrogens (tertiary/aromatic N) is 1. The molecule has 1 aromatic rings. The quantitative estimate of drug-likeness (QED) is 0.786. The molecule has 23 heavy (non-hydrogen) atoms. The monoisotopic (exact) mass is 316 g/mol. The minimum Gasteiger partial charge on any atom is -0.497 e. The number of piperidine rings is 1. The number of ether oxygens (including phenoxy) is 1. The van der Waals surface area contributed by atoms with E-state index in [1.165, 1.54) is 32.4 Å². The molecule has 0 bridgehead atoms. The van der Waals surface area contributed by atoms with Crippen molar-refractivity contribution in [2.75, 3.05) is 33.3 Å². The van der Waals surface area contributed by atoms with Crippen LogP contribution >= 0.6 is 0 Å². The number of hydrogen-bond acceptors (Lipinski definition) is 3. The van der Waals surface area contributed by atoms with Crippen molar-refractivity contribution in [2.24, 2.45) is 5.92 Å². The highest BCUT2D eigenvalue weighted by molar-refractivity contribution is 5.91. The van der Waals surface area contributed by atoms with Gasteiger partial charge in [-0.05, 0) is 55.6 Å². The Bertz CT molecular complexity index is 522. The van der Waals surface area contributed by atoms with Crippen molar-refractivity contribution < 1.29 is 9.53 Å². The van der Waals surface area contributed by atoms with Crippen molar-refractivity contribution in [3.8, 4) is 5.75 Å². The average molecular weight is 316 g/mol. The number of methoxy groups -OCH3 is 1. The minimum atomic E-state index is -0.0432. The highest BCUT2D eigenvalue weighted by Crippen LogP contribution is 2.13. The summed E-state index contributed by atoms with van der Waals surface area (Å²) >= 11 is 0. The van der Waals surface area contributed by atoms with E-state index in [2.05, 4.69) is 17.1 Å². The molecular weight excluding hydrogens is 288 g/mol. The van der Waals surface area contributed by atoms with Crippen molar-refractivity contribution in [1.29, 1.82) is 0 Å². The molecule has 1 N–H and O–H groups in total. The predicted octanol–water partition coefficient (Wildman–Crippen LogP) is 2.95. The lowest BCUT2D eigenvalue weighted by Crippen LogP contribution is -2.37. The fourth-order valence-electron chi connectivity index (χ4n) is 2.90. The van der Waals surface area contributed by atoms with Gasteiger partial charge in [-0.3, -0.25) is 4.79 Å². The smallest absolute Gasteiger partial charge is 0.244 e. The summed E-state index contributed by atoms with van der Waals surface area (Å²) in [6, 6.07) is 7.66. The normalized spacial score (nSPS) is 17.1. The Balaban J connectivity index is 1.72. The van der Waals surface area contributed by atoms with Crippen molar-refractivity contribution in [3.05, 3.63) is 35.9 Å². The number of nitrogens with one attached hydrogen (secondary N) is 1. The molecule has 1 aromatic carbocycles. The Kier molecular flexibility index (Phi) is 7.14. The number of amides is 1. The Morgan fingerprint density at radius 2 is 2.13 bits per heavy atom. The van der Waals surface area contributed by atoms with Gasteiger partial charge in [-0.15, -0.1) is 0 Å². The molecule has 1 aliphatic heterocycles. The van der Waals surface area contributed by atoms with E-state index in [0.717, 1.165) is 24.4 Å². The lowest BCUT2D eigenvalue weighted by atomic mass is 10.1. The van der Waals surface area contributed by atoms with Gasteiger partial charge >= 0.3 is 0 Å². The topological polar surface area (TPSA) is 41.6 Å². The zero-order chi connectivity index (χ0) is 16.5. The first-order chi connectivity index (χ1) is 11.2. The number of hydrogen-bond donors (Lipinski definition) is 1. The fourth-order valence-corrected chi connectivity index (χ4v) is 2.90. The van der Waals surface area contributed by atoms with E-state index in [-0.39, 0.29) is 5.91 Å². The molecule has 1 amide bonds. The molecule has 1 fully saturated rings. The molecule has 2 rings (SSSR count). The summed E-state index contributed by atoms with van der Waals surface area (Å²) in [6.07, 6.45) is 7.37. The second-order valence-corrected chi connectivity index (χ2v) is 6.32. The SMILES string of the molecule is COc1cccc(/C=C/C(=O)NCC(C)CN2CCCCC2)c1. The van der Waals surface area contributed by atoms with Crippen LogP contribution in [0.4, 0.5) is 0 Å². The molecule has 0 spiro atoms. The molecule has 0 radical (unpaired) electrons. The maximum absolute atomic E-state index is 11.9. The summed E-state index contributed by atoms with van der Waals surface area (Å²) in [7, 11) is 1.64. The van der Waals surface area contributed by atoms with Gasteiger partial charge in [0.2, 0.25) is 5.91 Å². The highest BCUT2D eigenvalue weighted by Gasteiger charge is 2.13. The highest BCUT2D eigenvalue weighted by atomic mass is 16.5. The van der Waals surface area contributed by atoms with Crippen LogP contribution in [0.15, 0.2) is 30.3 Å². The van der Waals surface area contributed by atoms with Gasteiger partial charge in [0, 0.05) is 19.2 Å². The van der Waals surface area contributed by atoms with Crippen LogP contribution in [0.2, 0.25) is 0 Å². The summed E-state index contributed by atoms with van der Waals surface area (Å²) in [5, 5.41) is 2.99. The third kappa shape index (κ3) is 6.45. The van der Waals surface area contributed by atoms with E-state index in [9.17, 15) is 4.79 Å². The van der Waals surface area contributed by atoms with Crippen LogP contribution < -0.4 is 10.1 Å². The van der Waals surface area contributed by atoms with Crippen LogP contribution in [0.3, 0.4) is 0 Å². The molecule has 0 aliphatic carbocycles. The largest absolute Gasteiger partial charge is 0.497 e. The van der Waals surface area contributed by atoms with Crippen LogP contribution in [-0.4, -0.2) is 44.1 Å². The molecule has 1 heterocycles. The number of likely N-dealkylation sites (tertiary alicyclic amines) is 1. The van der Waals surface area contributed by atoms with Gasteiger partial charge in [0.15, 0.2) is 0 Å². The Hall–Kier alpha value is -1.81. The molecule has 126 valence electrons. The zero-order valence-corrected chi connectivity index (χ0v) is 14.3. The van der Waals surface area contributed by atoms with Crippen molar-refractivity contribution in [3.63, 3.8) is 0 Å². The number of benzene rings is 1. The van der Waals surface area contributed by atoms with Crippen LogP contribution in [-0.2, 0) is 4.79 Å². The zero-order valence-electron chi connectivity index (χ0n) is 14.3. The maximum Gasteiger partial charge on any atom is 0.244 e. The van der Waals surface area contributed by atoms with Crippen LogP contribution in [0.1, 0.15) is 31.7 Å². The minimum absolute atomic E-state index is 0.0432. The third-order valence-electron chi connectivity index (χ3n) is 4.16. The molecule has 1 aliphatic rings. The second-order valence-electron chi connectivity index (χ2n) is 6.32. The lowest BCUT2D eigenvalue weighted by molar-refractivity contribution is -0.116. The van der Waals surface area contributed by atoms with E-state index in [1.807, 2.05) is 30.3 Å². The summed E-state index contributed by atoms with van der Waals surface area (Å²) in [5.41, 5.74) is 0.959. The summed E-state index contributed by atoms with van der Waals surface area (Å²) < 4.78 is 5.17. The van der Waals surface area contributed by atoms with Gasteiger partial charge < -0.3 is 15.0 Å². The van der Waals surface area contributed by atoms with E-state index in [1.54, 1.807) is 13.2 Å². The number of carbonyl (C=O) groups excluding carboxylic acids is 1. The molecular formula is C19H28N2O2. The van der Waals surface area contributed by atoms with E-state index in [4.69, 9.17) is 4.74 Å². The van der Waals surface area contributed by atoms with Crippen LogP contribution in [0.5, 0.6) is 5.75 Å². The van der Waals surface area contributed by atoms with Crippen LogP contribution in [0.25, 0.3) is 6.08 Å². The Morgan fingerprint density at radius 3 is 2.87 bits per heavy atom. The van der Waals surface area contributed by atoms with Crippen molar-refractivity contribution in [1.82, 2.24) is 10.2 Å². The first-order valence-electron chi connectivity index (χ1n) is 8.49. The summed E-state index contributed by atoms with van der Waals surface area (Å²) in [5.74, 6) is 1.23. The van der Waals surface area contributed by atoms with E-state index < -0.39 is 0 Å². The molecule has 1 atom stereocenters. The standard InChI is InChI=1S/C19H28N2O2/c1-16(15-21-11-4-3-5-12-21)14-20-19(22)10-9-17-7-6-8-18(13-17)23-2/h6-10,13,16H,3-5,11-12,14-15H2,1-2H3,(H,20,22)/b10-9+. The van der Waals surface area contributed by atoms with Gasteiger partial charge in [-0.25, -0.2) is 0 Å². The van der Waals surface area contributed by atoms with Crippen LogP contribution in [0, 0.1) is 5.92 Å². The van der Waals surface area contributed by atoms with Gasteiger partial charge in [-0.1, -0.05) is 25.5 Å².